The lowest BCUT2D eigenvalue weighted by atomic mass is 10.1. The summed E-state index contributed by atoms with van der Waals surface area (Å²) < 4.78 is 5.54. The number of carbonyl (C=O) groups is 1. The highest BCUT2D eigenvalue weighted by Crippen LogP contribution is 2.34. The Morgan fingerprint density at radius 3 is 2.42 bits per heavy atom. The van der Waals surface area contributed by atoms with Crippen LogP contribution < -0.4 is 10.1 Å². The van der Waals surface area contributed by atoms with Crippen LogP contribution in [0.2, 0.25) is 0 Å². The number of thiophene rings is 1. The van der Waals surface area contributed by atoms with E-state index in [-0.39, 0.29) is 9.88 Å². The molecule has 0 saturated carbocycles. The van der Waals surface area contributed by atoms with E-state index in [1.807, 2.05) is 38.1 Å². The maximum atomic E-state index is 12.6. The van der Waals surface area contributed by atoms with Crippen LogP contribution in [0, 0.1) is 17.0 Å². The second kappa shape index (κ2) is 9.93. The number of hydrogen-bond acceptors (Lipinski definition) is 7. The topological polar surface area (TPSA) is 94.4 Å². The molecule has 0 aliphatic rings. The Morgan fingerprint density at radius 2 is 1.79 bits per heavy atom. The van der Waals surface area contributed by atoms with Gasteiger partial charge in [0.1, 0.15) is 5.75 Å². The zero-order valence-electron chi connectivity index (χ0n) is 18.0. The lowest BCUT2D eigenvalue weighted by Crippen LogP contribution is -2.09. The van der Waals surface area contributed by atoms with Gasteiger partial charge in [0.2, 0.25) is 0 Å². The zero-order chi connectivity index (χ0) is 23.4. The van der Waals surface area contributed by atoms with Crippen molar-refractivity contribution < 1.29 is 14.5 Å². The number of amides is 1. The van der Waals surface area contributed by atoms with Crippen molar-refractivity contribution >= 4 is 38.7 Å². The highest BCUT2D eigenvalue weighted by molar-refractivity contribution is 7.18. The average molecular weight is 480 g/mol. The Labute approximate surface area is 198 Å². The summed E-state index contributed by atoms with van der Waals surface area (Å²) in [6.45, 7) is 4.57. The van der Waals surface area contributed by atoms with Gasteiger partial charge in [-0.15, -0.1) is 11.3 Å². The Bertz CT molecular complexity index is 1280. The fourth-order valence-corrected chi connectivity index (χ4v) is 4.95. The number of benzene rings is 2. The molecule has 0 saturated heterocycles. The Balaban J connectivity index is 1.63. The van der Waals surface area contributed by atoms with Crippen molar-refractivity contribution in [2.75, 3.05) is 11.9 Å². The normalized spacial score (nSPS) is 10.7. The molecule has 0 unspecified atom stereocenters. The second-order valence-electron chi connectivity index (χ2n) is 7.26. The van der Waals surface area contributed by atoms with E-state index < -0.39 is 10.8 Å². The van der Waals surface area contributed by atoms with Crippen LogP contribution >= 0.6 is 22.7 Å². The van der Waals surface area contributed by atoms with Gasteiger partial charge in [-0.3, -0.25) is 20.2 Å². The van der Waals surface area contributed by atoms with Crippen LogP contribution in [-0.2, 0) is 6.42 Å². The fourth-order valence-electron chi connectivity index (χ4n) is 3.22. The second-order valence-corrected chi connectivity index (χ2v) is 9.41. The van der Waals surface area contributed by atoms with Gasteiger partial charge in [-0.2, -0.15) is 0 Å². The summed E-state index contributed by atoms with van der Waals surface area (Å²) in [5.41, 5.74) is 4.04. The number of carbonyl (C=O) groups excluding carboxylic acids is 1. The standard InChI is InChI=1S/C24H21N3O4S2/c1-3-31-18-10-8-17(9-11-18)22-20(14-16-6-4-15(2)5-7-16)33-24(25-22)26-23(28)19-12-13-21(32-19)27(29)30/h4-13H,3,14H2,1-2H3,(H,25,26,28). The van der Waals surface area contributed by atoms with Crippen molar-refractivity contribution in [3.8, 4) is 17.0 Å². The van der Waals surface area contributed by atoms with Crippen molar-refractivity contribution in [3.63, 3.8) is 0 Å². The van der Waals surface area contributed by atoms with E-state index in [0.717, 1.165) is 38.8 Å². The van der Waals surface area contributed by atoms with E-state index in [0.29, 0.717) is 18.2 Å². The van der Waals surface area contributed by atoms with E-state index >= 15 is 0 Å². The van der Waals surface area contributed by atoms with Gasteiger partial charge >= 0.3 is 5.00 Å². The number of nitro groups is 1. The van der Waals surface area contributed by atoms with Gasteiger partial charge in [-0.1, -0.05) is 41.2 Å². The van der Waals surface area contributed by atoms with Gasteiger partial charge in [-0.25, -0.2) is 4.98 Å². The van der Waals surface area contributed by atoms with Crippen molar-refractivity contribution in [2.45, 2.75) is 20.3 Å². The third kappa shape index (κ3) is 5.44. The first kappa shape index (κ1) is 22.6. The molecule has 33 heavy (non-hydrogen) atoms. The first-order valence-electron chi connectivity index (χ1n) is 10.3. The summed E-state index contributed by atoms with van der Waals surface area (Å²) in [5, 5.41) is 14.1. The predicted molar refractivity (Wildman–Crippen MR) is 132 cm³/mol. The number of aromatic nitrogens is 1. The quantitative estimate of drug-likeness (QED) is 0.235. The zero-order valence-corrected chi connectivity index (χ0v) is 19.7. The van der Waals surface area contributed by atoms with Crippen LogP contribution in [-0.4, -0.2) is 22.4 Å². The van der Waals surface area contributed by atoms with Crippen molar-refractivity contribution in [1.82, 2.24) is 4.98 Å². The molecular weight excluding hydrogens is 458 g/mol. The predicted octanol–water partition coefficient (Wildman–Crippen LogP) is 6.33. The molecule has 0 atom stereocenters. The maximum absolute atomic E-state index is 12.6. The number of anilines is 1. The van der Waals surface area contributed by atoms with E-state index in [1.54, 1.807) is 0 Å². The Morgan fingerprint density at radius 1 is 1.06 bits per heavy atom. The molecule has 4 aromatic rings. The molecule has 168 valence electrons. The molecular formula is C24H21N3O4S2. The summed E-state index contributed by atoms with van der Waals surface area (Å²) >= 11 is 2.24. The maximum Gasteiger partial charge on any atom is 0.324 e. The SMILES string of the molecule is CCOc1ccc(-c2nc(NC(=O)c3ccc([N+](=O)[O-])s3)sc2Cc2ccc(C)cc2)cc1. The first-order valence-corrected chi connectivity index (χ1v) is 11.9. The van der Waals surface area contributed by atoms with E-state index in [9.17, 15) is 14.9 Å². The minimum absolute atomic E-state index is 0.0746. The Kier molecular flexibility index (Phi) is 6.81. The molecule has 0 radical (unpaired) electrons. The molecule has 4 rings (SSSR count). The number of aryl methyl sites for hydroxylation is 1. The van der Waals surface area contributed by atoms with Crippen LogP contribution in [0.25, 0.3) is 11.3 Å². The first-order chi connectivity index (χ1) is 15.9. The molecule has 0 bridgehead atoms. The van der Waals surface area contributed by atoms with Crippen LogP contribution in [0.15, 0.2) is 60.7 Å². The highest BCUT2D eigenvalue weighted by atomic mass is 32.1. The minimum Gasteiger partial charge on any atom is -0.494 e. The number of nitrogens with zero attached hydrogens (tertiary/aromatic N) is 2. The van der Waals surface area contributed by atoms with E-state index in [2.05, 4.69) is 29.6 Å². The van der Waals surface area contributed by atoms with Gasteiger partial charge in [0.25, 0.3) is 5.91 Å². The molecule has 0 fully saturated rings. The molecule has 0 spiro atoms. The van der Waals surface area contributed by atoms with Gasteiger partial charge in [0.05, 0.1) is 22.1 Å². The average Bonchev–Trinajstić information content (AvgIpc) is 3.44. The third-order valence-electron chi connectivity index (χ3n) is 4.84. The molecule has 2 aromatic carbocycles. The summed E-state index contributed by atoms with van der Waals surface area (Å²) in [6.07, 6.45) is 0.667. The summed E-state index contributed by atoms with van der Waals surface area (Å²) in [6, 6.07) is 18.8. The Hall–Kier alpha value is -3.56. The van der Waals surface area contributed by atoms with Crippen molar-refractivity contribution in [2.24, 2.45) is 0 Å². The van der Waals surface area contributed by atoms with E-state index in [1.165, 1.54) is 29.0 Å². The highest BCUT2D eigenvalue weighted by Gasteiger charge is 2.19. The largest absolute Gasteiger partial charge is 0.494 e. The monoisotopic (exact) mass is 479 g/mol. The van der Waals surface area contributed by atoms with Crippen molar-refractivity contribution in [1.29, 1.82) is 0 Å². The molecule has 1 N–H and O–H groups in total. The smallest absolute Gasteiger partial charge is 0.324 e. The van der Waals surface area contributed by atoms with Crippen LogP contribution in [0.4, 0.5) is 10.1 Å². The van der Waals surface area contributed by atoms with Gasteiger partial charge in [0, 0.05) is 22.9 Å². The molecule has 0 aliphatic carbocycles. The molecule has 7 nitrogen and oxygen atoms in total. The lowest BCUT2D eigenvalue weighted by Gasteiger charge is -2.06. The van der Waals surface area contributed by atoms with Crippen molar-refractivity contribution in [3.05, 3.63) is 91.7 Å². The molecule has 2 aromatic heterocycles. The summed E-state index contributed by atoms with van der Waals surface area (Å²) in [7, 11) is 0. The third-order valence-corrected chi connectivity index (χ3v) is 6.84. The molecule has 1 amide bonds. The summed E-state index contributed by atoms with van der Waals surface area (Å²) in [4.78, 5) is 29.0. The van der Waals surface area contributed by atoms with Crippen LogP contribution in [0.3, 0.4) is 0 Å². The molecule has 2 heterocycles. The van der Waals surface area contributed by atoms with Crippen LogP contribution in [0.5, 0.6) is 5.75 Å². The van der Waals surface area contributed by atoms with Gasteiger partial charge in [0.15, 0.2) is 5.13 Å². The lowest BCUT2D eigenvalue weighted by molar-refractivity contribution is -0.380. The molecule has 9 heteroatoms. The number of hydrogen-bond donors (Lipinski definition) is 1. The number of rotatable bonds is 8. The minimum atomic E-state index is -0.505. The molecule has 0 aliphatic heterocycles. The van der Waals surface area contributed by atoms with Crippen LogP contribution in [0.1, 0.15) is 32.6 Å². The fraction of sp³-hybridized carbons (Fsp3) is 0.167. The number of thiazole rings is 1. The van der Waals surface area contributed by atoms with E-state index in [4.69, 9.17) is 9.72 Å². The number of nitrogens with one attached hydrogen (secondary N) is 1. The summed E-state index contributed by atoms with van der Waals surface area (Å²) in [5.74, 6) is 0.367. The number of ether oxygens (including phenoxy) is 1. The van der Waals surface area contributed by atoms with Gasteiger partial charge < -0.3 is 4.74 Å². The van der Waals surface area contributed by atoms with Gasteiger partial charge in [-0.05, 0) is 49.7 Å².